The number of nitro groups is 1. The van der Waals surface area contributed by atoms with Crippen LogP contribution in [-0.4, -0.2) is 27.5 Å². The van der Waals surface area contributed by atoms with E-state index in [1.54, 1.807) is 6.92 Å². The third-order valence-electron chi connectivity index (χ3n) is 2.70. The Balaban J connectivity index is 2.48. The third kappa shape index (κ3) is 3.10. The second-order valence-corrected chi connectivity index (χ2v) is 4.85. The molecule has 0 aromatic carbocycles. The monoisotopic (exact) mass is 266 g/mol. The molecule has 1 fully saturated rings. The average molecular weight is 266 g/mol. The van der Waals surface area contributed by atoms with E-state index in [0.717, 1.165) is 12.8 Å². The standard InChI is InChI=1S/C12H18N4O3/c1-4-19-12-9(16(17)18)11(13-7(2)3)14-10(15-12)8-5-6-8/h7-8H,4-6H2,1-3H3,(H,13,14,15). The van der Waals surface area contributed by atoms with Crippen LogP contribution < -0.4 is 10.1 Å². The molecule has 0 amide bonds. The fourth-order valence-electron chi connectivity index (χ4n) is 1.75. The maximum Gasteiger partial charge on any atom is 0.372 e. The van der Waals surface area contributed by atoms with Gasteiger partial charge in [-0.05, 0) is 33.6 Å². The molecule has 1 heterocycles. The van der Waals surface area contributed by atoms with E-state index in [1.165, 1.54) is 0 Å². The zero-order valence-corrected chi connectivity index (χ0v) is 11.3. The van der Waals surface area contributed by atoms with E-state index in [0.29, 0.717) is 18.3 Å². The topological polar surface area (TPSA) is 90.2 Å². The van der Waals surface area contributed by atoms with E-state index in [4.69, 9.17) is 4.74 Å². The van der Waals surface area contributed by atoms with E-state index >= 15 is 0 Å². The summed E-state index contributed by atoms with van der Waals surface area (Å²) in [5.41, 5.74) is -0.181. The summed E-state index contributed by atoms with van der Waals surface area (Å²) in [4.78, 5) is 19.2. The molecular weight excluding hydrogens is 248 g/mol. The van der Waals surface area contributed by atoms with Crippen LogP contribution >= 0.6 is 0 Å². The van der Waals surface area contributed by atoms with E-state index in [-0.39, 0.29) is 23.4 Å². The zero-order chi connectivity index (χ0) is 14.0. The van der Waals surface area contributed by atoms with Crippen LogP contribution in [-0.2, 0) is 0 Å². The Morgan fingerprint density at radius 3 is 2.63 bits per heavy atom. The van der Waals surface area contributed by atoms with Crippen molar-refractivity contribution in [3.63, 3.8) is 0 Å². The maximum atomic E-state index is 11.2. The molecule has 1 aromatic heterocycles. The summed E-state index contributed by atoms with van der Waals surface area (Å²) in [6.45, 7) is 5.92. The highest BCUT2D eigenvalue weighted by atomic mass is 16.6. The molecule has 0 bridgehead atoms. The van der Waals surface area contributed by atoms with Crippen molar-refractivity contribution >= 4 is 11.5 Å². The van der Waals surface area contributed by atoms with Crippen LogP contribution in [0.2, 0.25) is 0 Å². The quantitative estimate of drug-likeness (QED) is 0.628. The van der Waals surface area contributed by atoms with Crippen LogP contribution in [0.5, 0.6) is 5.88 Å². The summed E-state index contributed by atoms with van der Waals surface area (Å²) in [5, 5.41) is 14.2. The molecule has 0 saturated heterocycles. The first-order chi connectivity index (χ1) is 9.02. The molecule has 7 heteroatoms. The zero-order valence-electron chi connectivity index (χ0n) is 11.3. The molecule has 0 spiro atoms. The largest absolute Gasteiger partial charge is 0.473 e. The smallest absolute Gasteiger partial charge is 0.372 e. The van der Waals surface area contributed by atoms with Crippen LogP contribution in [0, 0.1) is 10.1 Å². The highest BCUT2D eigenvalue weighted by Crippen LogP contribution is 2.42. The van der Waals surface area contributed by atoms with Crippen LogP contribution in [0.25, 0.3) is 0 Å². The number of nitrogens with one attached hydrogen (secondary N) is 1. The summed E-state index contributed by atoms with van der Waals surface area (Å²) in [5.74, 6) is 1.26. The van der Waals surface area contributed by atoms with E-state index in [9.17, 15) is 10.1 Å². The van der Waals surface area contributed by atoms with Gasteiger partial charge < -0.3 is 10.1 Å². The molecule has 1 N–H and O–H groups in total. The lowest BCUT2D eigenvalue weighted by atomic mass is 10.3. The summed E-state index contributed by atoms with van der Waals surface area (Å²) in [7, 11) is 0. The second kappa shape index (κ2) is 5.38. The van der Waals surface area contributed by atoms with Gasteiger partial charge in [0, 0.05) is 12.0 Å². The van der Waals surface area contributed by atoms with E-state index in [1.807, 2.05) is 13.8 Å². The normalized spacial score (nSPS) is 14.5. The van der Waals surface area contributed by atoms with Gasteiger partial charge in [0.05, 0.1) is 11.5 Å². The van der Waals surface area contributed by atoms with Gasteiger partial charge in [-0.3, -0.25) is 10.1 Å². The van der Waals surface area contributed by atoms with Gasteiger partial charge in [-0.15, -0.1) is 0 Å². The summed E-state index contributed by atoms with van der Waals surface area (Å²) < 4.78 is 5.31. The molecule has 2 rings (SSSR count). The van der Waals surface area contributed by atoms with Crippen molar-refractivity contribution in [3.8, 4) is 5.88 Å². The minimum atomic E-state index is -0.494. The van der Waals surface area contributed by atoms with Crippen molar-refractivity contribution in [2.45, 2.75) is 45.6 Å². The van der Waals surface area contributed by atoms with Gasteiger partial charge in [-0.1, -0.05) is 0 Å². The molecule has 0 atom stereocenters. The second-order valence-electron chi connectivity index (χ2n) is 4.85. The fourth-order valence-corrected chi connectivity index (χ4v) is 1.75. The van der Waals surface area contributed by atoms with Crippen LogP contribution in [0.1, 0.15) is 45.4 Å². The Morgan fingerprint density at radius 2 is 2.16 bits per heavy atom. The van der Waals surface area contributed by atoms with E-state index < -0.39 is 4.92 Å². The summed E-state index contributed by atoms with van der Waals surface area (Å²) >= 11 is 0. The van der Waals surface area contributed by atoms with Gasteiger partial charge in [0.2, 0.25) is 5.82 Å². The minimum absolute atomic E-state index is 0.0510. The van der Waals surface area contributed by atoms with Gasteiger partial charge in [-0.2, -0.15) is 4.98 Å². The SMILES string of the molecule is CCOc1nc(C2CC2)nc(NC(C)C)c1[N+](=O)[O-]. The number of ether oxygens (including phenoxy) is 1. The van der Waals surface area contributed by atoms with Crippen molar-refractivity contribution in [1.82, 2.24) is 9.97 Å². The van der Waals surface area contributed by atoms with Crippen molar-refractivity contribution in [2.75, 3.05) is 11.9 Å². The van der Waals surface area contributed by atoms with Gasteiger partial charge in [0.15, 0.2) is 0 Å². The lowest BCUT2D eigenvalue weighted by molar-refractivity contribution is -0.385. The number of hydrogen-bond donors (Lipinski definition) is 1. The Bertz CT molecular complexity index is 486. The van der Waals surface area contributed by atoms with Gasteiger partial charge >= 0.3 is 5.69 Å². The molecule has 1 aliphatic carbocycles. The number of aromatic nitrogens is 2. The van der Waals surface area contributed by atoms with Crippen molar-refractivity contribution in [2.24, 2.45) is 0 Å². The molecule has 1 aliphatic rings. The number of anilines is 1. The van der Waals surface area contributed by atoms with Gasteiger partial charge in [-0.25, -0.2) is 4.98 Å². The van der Waals surface area contributed by atoms with Crippen molar-refractivity contribution in [1.29, 1.82) is 0 Å². The number of nitrogens with zero attached hydrogens (tertiary/aromatic N) is 3. The first-order valence-corrected chi connectivity index (χ1v) is 6.48. The highest BCUT2D eigenvalue weighted by molar-refractivity contribution is 5.62. The minimum Gasteiger partial charge on any atom is -0.473 e. The Labute approximate surface area is 111 Å². The Morgan fingerprint density at radius 1 is 1.47 bits per heavy atom. The molecule has 7 nitrogen and oxygen atoms in total. The Kier molecular flexibility index (Phi) is 3.82. The van der Waals surface area contributed by atoms with E-state index in [2.05, 4.69) is 15.3 Å². The lowest BCUT2D eigenvalue weighted by Gasteiger charge is -2.12. The molecule has 0 unspecified atom stereocenters. The molecule has 0 aliphatic heterocycles. The molecule has 19 heavy (non-hydrogen) atoms. The molecule has 1 aromatic rings. The molecule has 104 valence electrons. The first kappa shape index (κ1) is 13.5. The maximum absolute atomic E-state index is 11.2. The molecule has 0 radical (unpaired) electrons. The molecule has 1 saturated carbocycles. The lowest BCUT2D eigenvalue weighted by Crippen LogP contribution is -2.15. The van der Waals surface area contributed by atoms with Crippen LogP contribution in [0.15, 0.2) is 0 Å². The van der Waals surface area contributed by atoms with Gasteiger partial charge in [0.25, 0.3) is 5.88 Å². The first-order valence-electron chi connectivity index (χ1n) is 6.48. The van der Waals surface area contributed by atoms with Gasteiger partial charge in [0.1, 0.15) is 5.82 Å². The summed E-state index contributed by atoms with van der Waals surface area (Å²) in [6.07, 6.45) is 2.06. The Hall–Kier alpha value is -1.92. The van der Waals surface area contributed by atoms with Crippen LogP contribution in [0.4, 0.5) is 11.5 Å². The predicted molar refractivity (Wildman–Crippen MR) is 70.6 cm³/mol. The average Bonchev–Trinajstić information content (AvgIpc) is 3.11. The van der Waals surface area contributed by atoms with Crippen LogP contribution in [0.3, 0.4) is 0 Å². The number of hydrogen-bond acceptors (Lipinski definition) is 6. The predicted octanol–water partition coefficient (Wildman–Crippen LogP) is 2.48. The highest BCUT2D eigenvalue weighted by Gasteiger charge is 2.33. The fraction of sp³-hybridized carbons (Fsp3) is 0.667. The number of rotatable bonds is 6. The van der Waals surface area contributed by atoms with Crippen molar-refractivity contribution in [3.05, 3.63) is 15.9 Å². The molecular formula is C12H18N4O3. The summed E-state index contributed by atoms with van der Waals surface area (Å²) in [6, 6.07) is 0.0510. The third-order valence-corrected chi connectivity index (χ3v) is 2.70. The van der Waals surface area contributed by atoms with Crippen molar-refractivity contribution < 1.29 is 9.66 Å².